The summed E-state index contributed by atoms with van der Waals surface area (Å²) in [7, 11) is 1.22. The van der Waals surface area contributed by atoms with Gasteiger partial charge in [0.25, 0.3) is 0 Å². The molecule has 0 fully saturated rings. The molecule has 108 valence electrons. The second kappa shape index (κ2) is 4.46. The average molecular weight is 293 g/mol. The molecule has 1 N–H and O–H groups in total. The van der Waals surface area contributed by atoms with E-state index in [1.807, 2.05) is 0 Å². The Morgan fingerprint density at radius 1 is 1.20 bits per heavy atom. The summed E-state index contributed by atoms with van der Waals surface area (Å²) in [5, 5.41) is -0.107. The summed E-state index contributed by atoms with van der Waals surface area (Å²) in [6.07, 6.45) is -5.13. The summed E-state index contributed by atoms with van der Waals surface area (Å²) in [5.74, 6) is -7.74. The molecule has 0 amide bonds. The van der Waals surface area contributed by atoms with Crippen LogP contribution in [0.3, 0.4) is 0 Å². The molecule has 1 aromatic heterocycles. The number of carbonyl (C=O) groups excluding carboxylic acids is 1. The number of rotatable bonds is 3. The van der Waals surface area contributed by atoms with Crippen LogP contribution in [0.1, 0.15) is 10.4 Å². The fourth-order valence-corrected chi connectivity index (χ4v) is 1.80. The fourth-order valence-electron chi connectivity index (χ4n) is 1.80. The Labute approximate surface area is 109 Å². The highest BCUT2D eigenvalue weighted by Crippen LogP contribution is 2.40. The van der Waals surface area contributed by atoms with Crippen molar-refractivity contribution in [2.45, 2.75) is 12.1 Å². The van der Waals surface area contributed by atoms with Crippen molar-refractivity contribution >= 4 is 16.7 Å². The quantitative estimate of drug-likeness (QED) is 0.694. The number of H-pyrrole nitrogens is 1. The van der Waals surface area contributed by atoms with Crippen molar-refractivity contribution in [3.05, 3.63) is 30.0 Å². The molecule has 2 aromatic rings. The van der Waals surface area contributed by atoms with Crippen molar-refractivity contribution in [3.63, 3.8) is 0 Å². The van der Waals surface area contributed by atoms with E-state index in [9.17, 15) is 26.7 Å². The number of halogens is 5. The zero-order valence-electron chi connectivity index (χ0n) is 10.0. The Hall–Kier alpha value is -2.12. The zero-order valence-corrected chi connectivity index (χ0v) is 10.0. The predicted octanol–water partition coefficient (Wildman–Crippen LogP) is 3.56. The number of alkyl halides is 5. The third kappa shape index (κ3) is 2.00. The fraction of sp³-hybridized carbons (Fsp3) is 0.250. The van der Waals surface area contributed by atoms with E-state index >= 15 is 0 Å². The molecule has 0 saturated heterocycles. The maximum atomic E-state index is 13.1. The van der Waals surface area contributed by atoms with Crippen LogP contribution in [0, 0.1) is 0 Å². The topological polar surface area (TPSA) is 42.1 Å². The lowest BCUT2D eigenvalue weighted by molar-refractivity contribution is -0.255. The van der Waals surface area contributed by atoms with E-state index in [4.69, 9.17) is 4.74 Å². The van der Waals surface area contributed by atoms with Crippen LogP contribution in [0.15, 0.2) is 24.4 Å². The summed E-state index contributed by atoms with van der Waals surface area (Å²) >= 11 is 0. The van der Waals surface area contributed by atoms with E-state index in [1.54, 1.807) is 0 Å². The number of methoxy groups -OCH3 is 1. The zero-order chi connectivity index (χ0) is 15.1. The number of ketones is 1. The molecule has 0 spiro atoms. The molecule has 8 heteroatoms. The van der Waals surface area contributed by atoms with Gasteiger partial charge in [0.1, 0.15) is 5.75 Å². The first kappa shape index (κ1) is 14.3. The van der Waals surface area contributed by atoms with Gasteiger partial charge in [0.05, 0.1) is 18.1 Å². The highest BCUT2D eigenvalue weighted by Gasteiger charge is 2.63. The van der Waals surface area contributed by atoms with Gasteiger partial charge in [-0.2, -0.15) is 22.0 Å². The molecular weight excluding hydrogens is 285 g/mol. The number of aromatic nitrogens is 1. The normalized spacial score (nSPS) is 12.7. The lowest BCUT2D eigenvalue weighted by Gasteiger charge is -2.17. The van der Waals surface area contributed by atoms with Gasteiger partial charge in [0.2, 0.25) is 5.78 Å². The second-order valence-electron chi connectivity index (χ2n) is 3.99. The van der Waals surface area contributed by atoms with Crippen LogP contribution in [-0.4, -0.2) is 30.0 Å². The smallest absolute Gasteiger partial charge is 0.461 e. The van der Waals surface area contributed by atoms with Crippen LogP contribution in [0.2, 0.25) is 0 Å². The van der Waals surface area contributed by atoms with Crippen LogP contribution in [0.25, 0.3) is 10.9 Å². The molecule has 0 radical (unpaired) electrons. The molecule has 0 unspecified atom stereocenters. The van der Waals surface area contributed by atoms with E-state index in [-0.39, 0.29) is 16.7 Å². The Bertz CT molecular complexity index is 659. The number of hydrogen-bond donors (Lipinski definition) is 1. The van der Waals surface area contributed by atoms with Crippen molar-refractivity contribution in [2.24, 2.45) is 0 Å². The molecule has 0 aliphatic carbocycles. The minimum Gasteiger partial charge on any atom is -0.496 e. The van der Waals surface area contributed by atoms with Gasteiger partial charge >= 0.3 is 12.1 Å². The van der Waals surface area contributed by atoms with E-state index in [2.05, 4.69) is 4.98 Å². The standard InChI is InChI=1S/C12H8F5NO2/c1-20-8-4-2-3-7-9(8)6(5-18-7)10(19)11(13,14)12(15,16)17/h2-5,18H,1H3. The number of nitrogens with one attached hydrogen (secondary N) is 1. The van der Waals surface area contributed by atoms with Gasteiger partial charge in [-0.05, 0) is 12.1 Å². The van der Waals surface area contributed by atoms with Crippen LogP contribution in [-0.2, 0) is 0 Å². The molecular formula is C12H8F5NO2. The Kier molecular flexibility index (Phi) is 3.19. The third-order valence-corrected chi connectivity index (χ3v) is 2.77. The molecule has 0 saturated carbocycles. The van der Waals surface area contributed by atoms with Gasteiger partial charge in [-0.1, -0.05) is 6.07 Å². The van der Waals surface area contributed by atoms with E-state index in [0.29, 0.717) is 0 Å². The number of carbonyl (C=O) groups is 1. The van der Waals surface area contributed by atoms with Crippen LogP contribution < -0.4 is 4.74 Å². The van der Waals surface area contributed by atoms with Gasteiger partial charge in [-0.3, -0.25) is 4.79 Å². The predicted molar refractivity (Wildman–Crippen MR) is 60.2 cm³/mol. The lowest BCUT2D eigenvalue weighted by Crippen LogP contribution is -2.44. The molecule has 3 nitrogen and oxygen atoms in total. The number of benzene rings is 1. The summed E-state index contributed by atoms with van der Waals surface area (Å²) in [4.78, 5) is 14.0. The summed E-state index contributed by atoms with van der Waals surface area (Å²) < 4.78 is 67.9. The summed E-state index contributed by atoms with van der Waals surface area (Å²) in [6.45, 7) is 0. The van der Waals surface area contributed by atoms with E-state index in [1.165, 1.54) is 25.3 Å². The molecule has 1 heterocycles. The summed E-state index contributed by atoms with van der Waals surface area (Å²) in [6, 6.07) is 4.30. The van der Waals surface area contributed by atoms with Gasteiger partial charge < -0.3 is 9.72 Å². The van der Waals surface area contributed by atoms with E-state index in [0.717, 1.165) is 6.20 Å². The van der Waals surface area contributed by atoms with Gasteiger partial charge in [-0.25, -0.2) is 0 Å². The van der Waals surface area contributed by atoms with Crippen molar-refractivity contribution < 1.29 is 31.5 Å². The first-order valence-electron chi connectivity index (χ1n) is 5.33. The maximum absolute atomic E-state index is 13.1. The second-order valence-corrected chi connectivity index (χ2v) is 3.99. The Balaban J connectivity index is 2.62. The Morgan fingerprint density at radius 3 is 2.40 bits per heavy atom. The van der Waals surface area contributed by atoms with Crippen LogP contribution in [0.4, 0.5) is 22.0 Å². The molecule has 1 aromatic carbocycles. The third-order valence-electron chi connectivity index (χ3n) is 2.77. The number of aromatic amines is 1. The number of hydrogen-bond acceptors (Lipinski definition) is 2. The van der Waals surface area contributed by atoms with E-state index < -0.39 is 23.4 Å². The van der Waals surface area contributed by atoms with Crippen LogP contribution >= 0.6 is 0 Å². The molecule has 0 aliphatic rings. The highest BCUT2D eigenvalue weighted by atomic mass is 19.4. The SMILES string of the molecule is COc1cccc2[nH]cc(C(=O)C(F)(F)C(F)(F)F)c12. The molecule has 2 rings (SSSR count). The van der Waals surface area contributed by atoms with Gasteiger partial charge in [-0.15, -0.1) is 0 Å². The molecule has 20 heavy (non-hydrogen) atoms. The number of ether oxygens (including phenoxy) is 1. The Morgan fingerprint density at radius 2 is 1.85 bits per heavy atom. The van der Waals surface area contributed by atoms with Gasteiger partial charge in [0.15, 0.2) is 0 Å². The maximum Gasteiger partial charge on any atom is 0.461 e. The molecule has 0 bridgehead atoms. The molecule has 0 aliphatic heterocycles. The highest BCUT2D eigenvalue weighted by molar-refractivity contribution is 6.13. The van der Waals surface area contributed by atoms with Crippen molar-refractivity contribution in [2.75, 3.05) is 7.11 Å². The largest absolute Gasteiger partial charge is 0.496 e. The number of Topliss-reactive ketones (excluding diaryl/α,β-unsaturated/α-hetero) is 1. The summed E-state index contributed by atoms with van der Waals surface area (Å²) in [5.41, 5.74) is -0.537. The first-order valence-corrected chi connectivity index (χ1v) is 5.33. The lowest BCUT2D eigenvalue weighted by atomic mass is 10.0. The first-order chi connectivity index (χ1) is 9.20. The van der Waals surface area contributed by atoms with Crippen molar-refractivity contribution in [1.29, 1.82) is 0 Å². The monoisotopic (exact) mass is 293 g/mol. The minimum absolute atomic E-state index is 0.0325. The molecule has 0 atom stereocenters. The minimum atomic E-state index is -5.95. The average Bonchev–Trinajstić information content (AvgIpc) is 2.79. The van der Waals surface area contributed by atoms with Crippen LogP contribution in [0.5, 0.6) is 5.75 Å². The van der Waals surface area contributed by atoms with Crippen molar-refractivity contribution in [1.82, 2.24) is 4.98 Å². The number of fused-ring (bicyclic) bond motifs is 1. The van der Waals surface area contributed by atoms with Gasteiger partial charge in [0, 0.05) is 11.7 Å². The van der Waals surface area contributed by atoms with Crippen molar-refractivity contribution in [3.8, 4) is 5.75 Å².